The maximum Gasteiger partial charge on any atom is 0.149 e. The van der Waals surface area contributed by atoms with Gasteiger partial charge >= 0.3 is 0 Å². The van der Waals surface area contributed by atoms with Crippen molar-refractivity contribution in [2.75, 3.05) is 24.6 Å². The summed E-state index contributed by atoms with van der Waals surface area (Å²) in [6.07, 6.45) is 1.70. The van der Waals surface area contributed by atoms with Gasteiger partial charge in [0.25, 0.3) is 0 Å². The highest BCUT2D eigenvalue weighted by atomic mass is 16.5. The molecule has 2 rings (SSSR count). The van der Waals surface area contributed by atoms with E-state index in [1.165, 1.54) is 5.56 Å². The molecular formula is C20H36N2O3. The molecule has 2 N–H and O–H groups in total. The molecule has 1 atom stereocenters. The van der Waals surface area contributed by atoms with Crippen molar-refractivity contribution in [2.24, 2.45) is 5.73 Å². The predicted molar refractivity (Wildman–Crippen MR) is 107 cm³/mol. The lowest BCUT2D eigenvalue weighted by atomic mass is 10.1. The average Bonchev–Trinajstić information content (AvgIpc) is 2.65. The van der Waals surface area contributed by atoms with Crippen LogP contribution in [0.2, 0.25) is 0 Å². The molecule has 1 aliphatic heterocycles. The van der Waals surface area contributed by atoms with E-state index in [4.69, 9.17) is 10.5 Å². The molecule has 144 valence electrons. The number of nitrogens with two attached hydrogens (primary N) is 1. The number of hydrogen-bond donors (Lipinski definition) is 1. The molecule has 0 fully saturated rings. The Morgan fingerprint density at radius 2 is 1.88 bits per heavy atom. The third-order valence-corrected chi connectivity index (χ3v) is 3.02. The van der Waals surface area contributed by atoms with E-state index in [9.17, 15) is 9.59 Å². The lowest BCUT2D eigenvalue weighted by Gasteiger charge is -2.30. The number of ether oxygens (including phenoxy) is 1. The number of nitrogens with zero attached hydrogens (tertiary/aromatic N) is 1. The molecule has 1 heterocycles. The summed E-state index contributed by atoms with van der Waals surface area (Å²) in [4.78, 5) is 22.7. The maximum absolute atomic E-state index is 11.2. The maximum atomic E-state index is 11.2. The van der Waals surface area contributed by atoms with E-state index in [1.54, 1.807) is 13.8 Å². The highest BCUT2D eigenvalue weighted by Crippen LogP contribution is 2.32. The second-order valence-electron chi connectivity index (χ2n) is 5.12. The molecule has 1 aromatic carbocycles. The third kappa shape index (κ3) is 10.6. The van der Waals surface area contributed by atoms with Crippen molar-refractivity contribution in [3.05, 3.63) is 23.8 Å². The summed E-state index contributed by atoms with van der Waals surface area (Å²) in [7, 11) is 0. The fraction of sp³-hybridized carbons (Fsp3) is 0.600. The molecule has 5 nitrogen and oxygen atoms in total. The van der Waals surface area contributed by atoms with E-state index in [0.717, 1.165) is 24.4 Å². The number of rotatable bonds is 4. The minimum atomic E-state index is -0.296. The molecule has 1 aromatic rings. The van der Waals surface area contributed by atoms with E-state index in [2.05, 4.69) is 24.0 Å². The SMILES string of the molecule is CC.CC.CC(N)C=O.CCc1ccc2c(c1)N(CC(C)=O)CCO2. The number of aldehydes is 1. The van der Waals surface area contributed by atoms with Gasteiger partial charge in [-0.3, -0.25) is 4.79 Å². The van der Waals surface area contributed by atoms with Crippen molar-refractivity contribution in [1.82, 2.24) is 0 Å². The smallest absolute Gasteiger partial charge is 0.149 e. The second kappa shape index (κ2) is 15.6. The molecule has 0 saturated carbocycles. The normalized spacial score (nSPS) is 12.4. The van der Waals surface area contributed by atoms with Crippen molar-refractivity contribution in [2.45, 2.75) is 60.9 Å². The van der Waals surface area contributed by atoms with E-state index in [-0.39, 0.29) is 11.8 Å². The molecule has 0 amide bonds. The number of benzene rings is 1. The van der Waals surface area contributed by atoms with Crippen LogP contribution in [0.25, 0.3) is 0 Å². The predicted octanol–water partition coefficient (Wildman–Crippen LogP) is 3.62. The monoisotopic (exact) mass is 352 g/mol. The van der Waals surface area contributed by atoms with Crippen LogP contribution in [0.5, 0.6) is 5.75 Å². The fourth-order valence-electron chi connectivity index (χ4n) is 1.97. The molecule has 1 unspecified atom stereocenters. The molecule has 0 aromatic heterocycles. The van der Waals surface area contributed by atoms with Gasteiger partial charge in [0.1, 0.15) is 24.4 Å². The molecule has 5 heteroatoms. The number of anilines is 1. The Bertz CT molecular complexity index is 488. The molecule has 0 radical (unpaired) electrons. The van der Waals surface area contributed by atoms with Crippen molar-refractivity contribution in [1.29, 1.82) is 0 Å². The van der Waals surface area contributed by atoms with Crippen LogP contribution in [0.15, 0.2) is 18.2 Å². The number of ketones is 1. The van der Waals surface area contributed by atoms with Crippen molar-refractivity contribution < 1.29 is 14.3 Å². The van der Waals surface area contributed by atoms with Gasteiger partial charge in [0.2, 0.25) is 0 Å². The number of hydrogen-bond acceptors (Lipinski definition) is 5. The zero-order valence-corrected chi connectivity index (χ0v) is 17.0. The summed E-state index contributed by atoms with van der Waals surface area (Å²) in [6.45, 7) is 15.3. The fourth-order valence-corrected chi connectivity index (χ4v) is 1.97. The molecule has 0 spiro atoms. The number of fused-ring (bicyclic) bond motifs is 1. The molecule has 0 saturated heterocycles. The summed E-state index contributed by atoms with van der Waals surface area (Å²) < 4.78 is 5.58. The first-order valence-corrected chi connectivity index (χ1v) is 9.18. The quantitative estimate of drug-likeness (QED) is 0.838. The van der Waals surface area contributed by atoms with Gasteiger partial charge < -0.3 is 20.2 Å². The lowest BCUT2D eigenvalue weighted by Crippen LogP contribution is -2.36. The zero-order chi connectivity index (χ0) is 19.8. The Morgan fingerprint density at radius 1 is 1.32 bits per heavy atom. The van der Waals surface area contributed by atoms with Crippen LogP contribution in [-0.2, 0) is 16.0 Å². The van der Waals surface area contributed by atoms with Gasteiger partial charge in [-0.1, -0.05) is 40.7 Å². The Kier molecular flexibility index (Phi) is 15.9. The first-order valence-electron chi connectivity index (χ1n) is 9.18. The molecule has 0 aliphatic carbocycles. The number of carbonyl (C=O) groups is 2. The molecule has 25 heavy (non-hydrogen) atoms. The summed E-state index contributed by atoms with van der Waals surface area (Å²) >= 11 is 0. The summed E-state index contributed by atoms with van der Waals surface area (Å²) in [6, 6.07) is 5.91. The van der Waals surface area contributed by atoms with Crippen LogP contribution in [0.4, 0.5) is 5.69 Å². The van der Waals surface area contributed by atoms with Gasteiger partial charge in [-0.15, -0.1) is 0 Å². The van der Waals surface area contributed by atoms with Crippen LogP contribution < -0.4 is 15.4 Å². The highest BCUT2D eigenvalue weighted by Gasteiger charge is 2.18. The summed E-state index contributed by atoms with van der Waals surface area (Å²) in [5.74, 6) is 1.08. The first-order chi connectivity index (χ1) is 12.0. The van der Waals surface area contributed by atoms with Gasteiger partial charge in [-0.2, -0.15) is 0 Å². The zero-order valence-electron chi connectivity index (χ0n) is 17.0. The second-order valence-corrected chi connectivity index (χ2v) is 5.12. The van der Waals surface area contributed by atoms with Crippen LogP contribution in [0.3, 0.4) is 0 Å². The molecular weight excluding hydrogens is 316 g/mol. The average molecular weight is 353 g/mol. The minimum absolute atomic E-state index is 0.190. The van der Waals surface area contributed by atoms with Crippen molar-refractivity contribution >= 4 is 17.8 Å². The van der Waals surface area contributed by atoms with E-state index < -0.39 is 0 Å². The lowest BCUT2D eigenvalue weighted by molar-refractivity contribution is -0.115. The van der Waals surface area contributed by atoms with Crippen LogP contribution in [-0.4, -0.2) is 37.8 Å². The van der Waals surface area contributed by atoms with Gasteiger partial charge in [-0.05, 0) is 38.0 Å². The Labute approximate surface area is 153 Å². The Balaban J connectivity index is 0. The van der Waals surface area contributed by atoms with Crippen LogP contribution >= 0.6 is 0 Å². The Morgan fingerprint density at radius 3 is 2.32 bits per heavy atom. The topological polar surface area (TPSA) is 72.6 Å². The van der Waals surface area contributed by atoms with Gasteiger partial charge in [0.05, 0.1) is 24.8 Å². The van der Waals surface area contributed by atoms with E-state index in [0.29, 0.717) is 19.4 Å². The summed E-state index contributed by atoms with van der Waals surface area (Å²) in [5.41, 5.74) is 7.26. The van der Waals surface area contributed by atoms with Gasteiger partial charge in [0, 0.05) is 0 Å². The van der Waals surface area contributed by atoms with E-state index >= 15 is 0 Å². The molecule has 1 aliphatic rings. The van der Waals surface area contributed by atoms with Crippen LogP contribution in [0.1, 0.15) is 54.0 Å². The molecule has 0 bridgehead atoms. The van der Waals surface area contributed by atoms with Gasteiger partial charge in [-0.25, -0.2) is 0 Å². The highest BCUT2D eigenvalue weighted by molar-refractivity contribution is 5.82. The van der Waals surface area contributed by atoms with Gasteiger partial charge in [0.15, 0.2) is 0 Å². The van der Waals surface area contributed by atoms with E-state index in [1.807, 2.05) is 33.8 Å². The first kappa shape index (κ1) is 25.4. The number of Topliss-reactive ketones (excluding diaryl/α,β-unsaturated/α-hetero) is 1. The van der Waals surface area contributed by atoms with Crippen molar-refractivity contribution in [3.8, 4) is 5.75 Å². The summed E-state index contributed by atoms with van der Waals surface area (Å²) in [5, 5.41) is 0. The third-order valence-electron chi connectivity index (χ3n) is 3.02. The standard InChI is InChI=1S/C13H17NO2.C3H7NO.2C2H6/c1-3-11-4-5-13-12(8-11)14(6-7-16-13)9-10(2)15;1-3(4)2-5;2*1-2/h4-5,8H,3,6-7,9H2,1-2H3;2-3H,4H2,1H3;2*1-2H3. The van der Waals surface area contributed by atoms with Crippen molar-refractivity contribution in [3.63, 3.8) is 0 Å². The number of aryl methyl sites for hydroxylation is 1. The number of carbonyl (C=O) groups excluding carboxylic acids is 2. The van der Waals surface area contributed by atoms with Crippen LogP contribution in [0, 0.1) is 0 Å². The largest absolute Gasteiger partial charge is 0.490 e. The Hall–Kier alpha value is -1.88. The minimum Gasteiger partial charge on any atom is -0.490 e.